The molecule has 1 aliphatic heterocycles. The Kier molecular flexibility index (Phi) is 3.85. The van der Waals surface area contributed by atoms with Gasteiger partial charge in [0.1, 0.15) is 0 Å². The Morgan fingerprint density at radius 1 is 1.40 bits per heavy atom. The van der Waals surface area contributed by atoms with Crippen molar-refractivity contribution in [1.82, 2.24) is 5.32 Å². The molecule has 1 saturated carbocycles. The molecule has 1 aromatic carbocycles. The van der Waals surface area contributed by atoms with Crippen LogP contribution >= 0.6 is 15.9 Å². The predicted octanol–water partition coefficient (Wildman–Crippen LogP) is 4.11. The first-order chi connectivity index (χ1) is 9.53. The van der Waals surface area contributed by atoms with Gasteiger partial charge >= 0.3 is 0 Å². The Morgan fingerprint density at radius 2 is 2.15 bits per heavy atom. The molecule has 1 heterocycles. The van der Waals surface area contributed by atoms with Gasteiger partial charge in [-0.2, -0.15) is 0 Å². The number of anilines is 1. The molecule has 2 nitrogen and oxygen atoms in total. The second-order valence-corrected chi connectivity index (χ2v) is 7.61. The fraction of sp³-hybridized carbons (Fsp3) is 0.647. The number of nitrogens with zero attached hydrogens (tertiary/aromatic N) is 1. The standard InChI is InChI=1S/C17H25BrN2/c1-4-15-10-19-17(3,13-6-7-13)11-20(15)16-9-14(18)8-5-12(16)2/h5,8-9,13,15,19H,4,6-7,10-11H2,1-3H3. The van der Waals surface area contributed by atoms with Crippen molar-refractivity contribution in [2.24, 2.45) is 5.92 Å². The van der Waals surface area contributed by atoms with E-state index in [1.165, 1.54) is 35.0 Å². The number of nitrogens with one attached hydrogen (secondary N) is 1. The minimum Gasteiger partial charge on any atom is -0.365 e. The van der Waals surface area contributed by atoms with E-state index < -0.39 is 0 Å². The number of halogens is 1. The molecule has 20 heavy (non-hydrogen) atoms. The summed E-state index contributed by atoms with van der Waals surface area (Å²) in [7, 11) is 0. The van der Waals surface area contributed by atoms with Crippen LogP contribution in [0.15, 0.2) is 22.7 Å². The van der Waals surface area contributed by atoms with E-state index in [1.54, 1.807) is 0 Å². The van der Waals surface area contributed by atoms with Crippen molar-refractivity contribution in [3.63, 3.8) is 0 Å². The van der Waals surface area contributed by atoms with Gasteiger partial charge in [-0.1, -0.05) is 28.9 Å². The lowest BCUT2D eigenvalue weighted by molar-refractivity contribution is 0.252. The average Bonchev–Trinajstić information content (AvgIpc) is 3.26. The highest BCUT2D eigenvalue weighted by atomic mass is 79.9. The van der Waals surface area contributed by atoms with Crippen LogP contribution in [0.4, 0.5) is 5.69 Å². The van der Waals surface area contributed by atoms with Crippen molar-refractivity contribution < 1.29 is 0 Å². The van der Waals surface area contributed by atoms with Crippen molar-refractivity contribution in [1.29, 1.82) is 0 Å². The molecule has 0 aromatic heterocycles. The molecule has 2 fully saturated rings. The van der Waals surface area contributed by atoms with Crippen LogP contribution in [0.5, 0.6) is 0 Å². The van der Waals surface area contributed by atoms with E-state index in [2.05, 4.69) is 65.1 Å². The summed E-state index contributed by atoms with van der Waals surface area (Å²) in [5.74, 6) is 0.871. The zero-order valence-corrected chi connectivity index (χ0v) is 14.3. The first-order valence-corrected chi connectivity index (χ1v) is 8.60. The lowest BCUT2D eigenvalue weighted by Crippen LogP contribution is -2.64. The first kappa shape index (κ1) is 14.4. The molecule has 3 rings (SSSR count). The minimum atomic E-state index is 0.292. The van der Waals surface area contributed by atoms with E-state index >= 15 is 0 Å². The van der Waals surface area contributed by atoms with Gasteiger partial charge < -0.3 is 10.2 Å². The second kappa shape index (κ2) is 5.34. The third kappa shape index (κ3) is 2.62. The van der Waals surface area contributed by atoms with E-state index in [0.29, 0.717) is 11.6 Å². The summed E-state index contributed by atoms with van der Waals surface area (Å²) in [6.45, 7) is 9.18. The third-order valence-electron chi connectivity index (χ3n) is 5.11. The molecule has 2 unspecified atom stereocenters. The molecule has 1 aliphatic carbocycles. The fourth-order valence-corrected chi connectivity index (χ4v) is 3.88. The van der Waals surface area contributed by atoms with Gasteiger partial charge in [-0.25, -0.2) is 0 Å². The maximum absolute atomic E-state index is 3.84. The van der Waals surface area contributed by atoms with Crippen LogP contribution in [0.25, 0.3) is 0 Å². The quantitative estimate of drug-likeness (QED) is 0.893. The maximum atomic E-state index is 3.84. The topological polar surface area (TPSA) is 15.3 Å². The molecular weight excluding hydrogens is 312 g/mol. The highest BCUT2D eigenvalue weighted by Gasteiger charge is 2.45. The van der Waals surface area contributed by atoms with Crippen molar-refractivity contribution in [3.8, 4) is 0 Å². The molecule has 0 amide bonds. The van der Waals surface area contributed by atoms with E-state index in [1.807, 2.05) is 0 Å². The normalized spacial score (nSPS) is 30.6. The highest BCUT2D eigenvalue weighted by Crippen LogP contribution is 2.42. The number of aryl methyl sites for hydroxylation is 1. The zero-order chi connectivity index (χ0) is 14.3. The van der Waals surface area contributed by atoms with E-state index in [9.17, 15) is 0 Å². The van der Waals surface area contributed by atoms with Gasteiger partial charge in [0, 0.05) is 34.8 Å². The number of piperazine rings is 1. The Morgan fingerprint density at radius 3 is 2.80 bits per heavy atom. The average molecular weight is 337 g/mol. The largest absolute Gasteiger partial charge is 0.365 e. The van der Waals surface area contributed by atoms with Crippen molar-refractivity contribution in [3.05, 3.63) is 28.2 Å². The first-order valence-electron chi connectivity index (χ1n) is 7.81. The van der Waals surface area contributed by atoms with E-state index in [4.69, 9.17) is 0 Å². The Balaban J connectivity index is 1.92. The van der Waals surface area contributed by atoms with Gasteiger partial charge in [0.05, 0.1) is 0 Å². The van der Waals surface area contributed by atoms with Crippen LogP contribution in [0, 0.1) is 12.8 Å². The van der Waals surface area contributed by atoms with Crippen LogP contribution in [0.1, 0.15) is 38.7 Å². The van der Waals surface area contributed by atoms with Crippen LogP contribution in [0.3, 0.4) is 0 Å². The van der Waals surface area contributed by atoms with Crippen LogP contribution in [-0.2, 0) is 0 Å². The molecular formula is C17H25BrN2. The number of hydrogen-bond donors (Lipinski definition) is 1. The Bertz CT molecular complexity index is 498. The van der Waals surface area contributed by atoms with Gasteiger partial charge in [-0.15, -0.1) is 0 Å². The third-order valence-corrected chi connectivity index (χ3v) is 5.60. The molecule has 0 radical (unpaired) electrons. The molecule has 1 saturated heterocycles. The molecule has 0 bridgehead atoms. The van der Waals surface area contributed by atoms with Gasteiger partial charge in [-0.05, 0) is 56.7 Å². The van der Waals surface area contributed by atoms with Crippen molar-refractivity contribution in [2.45, 2.75) is 51.6 Å². The molecule has 3 heteroatoms. The Hall–Kier alpha value is -0.540. The second-order valence-electron chi connectivity index (χ2n) is 6.69. The summed E-state index contributed by atoms with van der Waals surface area (Å²) >= 11 is 3.63. The van der Waals surface area contributed by atoms with E-state index in [-0.39, 0.29) is 0 Å². The van der Waals surface area contributed by atoms with Crippen molar-refractivity contribution >= 4 is 21.6 Å². The van der Waals surface area contributed by atoms with Gasteiger partial charge in [0.25, 0.3) is 0 Å². The van der Waals surface area contributed by atoms with Crippen LogP contribution in [-0.4, -0.2) is 24.7 Å². The monoisotopic (exact) mass is 336 g/mol. The number of benzene rings is 1. The lowest BCUT2D eigenvalue weighted by Gasteiger charge is -2.48. The summed E-state index contributed by atoms with van der Waals surface area (Å²) in [4.78, 5) is 2.65. The number of hydrogen-bond acceptors (Lipinski definition) is 2. The van der Waals surface area contributed by atoms with Gasteiger partial charge in [0.15, 0.2) is 0 Å². The van der Waals surface area contributed by atoms with Crippen LogP contribution in [0.2, 0.25) is 0 Å². The molecule has 0 spiro atoms. The highest BCUT2D eigenvalue weighted by molar-refractivity contribution is 9.10. The molecule has 1 N–H and O–H groups in total. The van der Waals surface area contributed by atoms with Crippen LogP contribution < -0.4 is 10.2 Å². The molecule has 2 aliphatic rings. The summed E-state index contributed by atoms with van der Waals surface area (Å²) in [5.41, 5.74) is 3.08. The molecule has 1 aromatic rings. The SMILES string of the molecule is CCC1CNC(C)(C2CC2)CN1c1cc(Br)ccc1C. The predicted molar refractivity (Wildman–Crippen MR) is 89.4 cm³/mol. The number of rotatable bonds is 3. The van der Waals surface area contributed by atoms with Gasteiger partial charge in [-0.3, -0.25) is 0 Å². The van der Waals surface area contributed by atoms with E-state index in [0.717, 1.165) is 19.0 Å². The fourth-order valence-electron chi connectivity index (χ4n) is 3.53. The minimum absolute atomic E-state index is 0.292. The summed E-state index contributed by atoms with van der Waals surface area (Å²) < 4.78 is 1.18. The molecule has 110 valence electrons. The lowest BCUT2D eigenvalue weighted by atomic mass is 9.89. The summed E-state index contributed by atoms with van der Waals surface area (Å²) in [6, 6.07) is 7.26. The zero-order valence-electron chi connectivity index (χ0n) is 12.7. The molecule has 2 atom stereocenters. The van der Waals surface area contributed by atoms with Gasteiger partial charge in [0.2, 0.25) is 0 Å². The maximum Gasteiger partial charge on any atom is 0.0413 e. The summed E-state index contributed by atoms with van der Waals surface area (Å²) in [6.07, 6.45) is 3.98. The Labute approximate surface area is 131 Å². The van der Waals surface area contributed by atoms with Crippen molar-refractivity contribution in [2.75, 3.05) is 18.0 Å². The summed E-state index contributed by atoms with van der Waals surface area (Å²) in [5, 5.41) is 3.84. The smallest absolute Gasteiger partial charge is 0.0413 e.